The Bertz CT molecular complexity index is 425. The van der Waals surface area contributed by atoms with Crippen molar-refractivity contribution in [2.75, 3.05) is 11.4 Å². The number of aromatic nitrogens is 2. The van der Waals surface area contributed by atoms with E-state index >= 15 is 0 Å². The van der Waals surface area contributed by atoms with Crippen molar-refractivity contribution >= 4 is 6.01 Å². The maximum absolute atomic E-state index is 5.85. The van der Waals surface area contributed by atoms with Crippen LogP contribution in [0.15, 0.2) is 4.42 Å². The number of hydrogen-bond acceptors (Lipinski definition) is 5. The van der Waals surface area contributed by atoms with E-state index in [1.54, 1.807) is 0 Å². The van der Waals surface area contributed by atoms with E-state index < -0.39 is 0 Å². The van der Waals surface area contributed by atoms with Gasteiger partial charge in [-0.25, -0.2) is 0 Å². The monoisotopic (exact) mass is 278 g/mol. The summed E-state index contributed by atoms with van der Waals surface area (Å²) in [4.78, 5) is 2.36. The van der Waals surface area contributed by atoms with Crippen LogP contribution in [0.2, 0.25) is 0 Å². The van der Waals surface area contributed by atoms with E-state index in [9.17, 15) is 0 Å². The molecular formula is C15H26N4O. The number of anilines is 1. The lowest BCUT2D eigenvalue weighted by Gasteiger charge is -2.27. The fraction of sp³-hybridized carbons (Fsp3) is 0.867. The van der Waals surface area contributed by atoms with Crippen LogP contribution in [0.4, 0.5) is 6.01 Å². The van der Waals surface area contributed by atoms with Gasteiger partial charge in [0.1, 0.15) is 0 Å². The van der Waals surface area contributed by atoms with Gasteiger partial charge in [-0.05, 0) is 31.6 Å². The van der Waals surface area contributed by atoms with Crippen LogP contribution in [0.5, 0.6) is 0 Å². The predicted molar refractivity (Wildman–Crippen MR) is 78.6 cm³/mol. The van der Waals surface area contributed by atoms with Crippen molar-refractivity contribution in [3.8, 4) is 0 Å². The predicted octanol–water partition coefficient (Wildman–Crippen LogP) is 2.73. The molecule has 20 heavy (non-hydrogen) atoms. The zero-order chi connectivity index (χ0) is 13.9. The second-order valence-electron chi connectivity index (χ2n) is 6.46. The van der Waals surface area contributed by atoms with Crippen LogP contribution in [0.3, 0.4) is 0 Å². The van der Waals surface area contributed by atoms with Crippen molar-refractivity contribution in [2.45, 2.75) is 71.0 Å². The first-order chi connectivity index (χ1) is 9.74. The lowest BCUT2D eigenvalue weighted by atomic mass is 9.96. The average molecular weight is 278 g/mol. The largest absolute Gasteiger partial charge is 0.407 e. The highest BCUT2D eigenvalue weighted by atomic mass is 16.4. The highest BCUT2D eigenvalue weighted by Gasteiger charge is 2.35. The second-order valence-corrected chi connectivity index (χ2v) is 6.46. The maximum atomic E-state index is 5.85. The van der Waals surface area contributed by atoms with E-state index in [0.717, 1.165) is 18.5 Å². The molecule has 1 aliphatic carbocycles. The third kappa shape index (κ3) is 2.97. The highest BCUT2D eigenvalue weighted by molar-refractivity contribution is 5.29. The molecule has 2 aliphatic rings. The zero-order valence-corrected chi connectivity index (χ0v) is 12.6. The van der Waals surface area contributed by atoms with Crippen molar-refractivity contribution in [3.63, 3.8) is 0 Å². The molecule has 1 N–H and O–H groups in total. The summed E-state index contributed by atoms with van der Waals surface area (Å²) in [5, 5.41) is 11.8. The normalized spacial score (nSPS) is 24.1. The average Bonchev–Trinajstić information content (AvgIpc) is 3.15. The van der Waals surface area contributed by atoms with Crippen LogP contribution in [0.25, 0.3) is 0 Å². The fourth-order valence-corrected chi connectivity index (χ4v) is 3.59. The van der Waals surface area contributed by atoms with Crippen molar-refractivity contribution in [2.24, 2.45) is 5.92 Å². The van der Waals surface area contributed by atoms with Crippen LogP contribution < -0.4 is 10.2 Å². The van der Waals surface area contributed by atoms with Gasteiger partial charge >= 0.3 is 6.01 Å². The lowest BCUT2D eigenvalue weighted by molar-refractivity contribution is 0.396. The first-order valence-electron chi connectivity index (χ1n) is 8.06. The van der Waals surface area contributed by atoms with Gasteiger partial charge < -0.3 is 14.6 Å². The standard InChI is InChI=1S/C15H26N4O/c1-11(2)16-10-14-17-18-15(20-14)19-9-5-8-13(19)12-6-3-4-7-12/h11-13,16H,3-10H2,1-2H3. The zero-order valence-electron chi connectivity index (χ0n) is 12.6. The van der Waals surface area contributed by atoms with E-state index in [4.69, 9.17) is 4.42 Å². The second kappa shape index (κ2) is 6.12. The van der Waals surface area contributed by atoms with E-state index in [2.05, 4.69) is 34.3 Å². The van der Waals surface area contributed by atoms with Gasteiger partial charge in [-0.15, -0.1) is 5.10 Å². The van der Waals surface area contributed by atoms with Crippen LogP contribution in [0.1, 0.15) is 58.3 Å². The minimum Gasteiger partial charge on any atom is -0.407 e. The summed E-state index contributed by atoms with van der Waals surface area (Å²) in [6, 6.07) is 1.80. The number of rotatable bonds is 5. The Labute approximate surface area is 121 Å². The molecule has 0 bridgehead atoms. The summed E-state index contributed by atoms with van der Waals surface area (Å²) in [5.74, 6) is 1.53. The molecule has 1 aliphatic heterocycles. The van der Waals surface area contributed by atoms with Gasteiger partial charge in [0, 0.05) is 18.6 Å². The van der Waals surface area contributed by atoms with Gasteiger partial charge in [-0.3, -0.25) is 0 Å². The number of nitrogens with zero attached hydrogens (tertiary/aromatic N) is 3. The Morgan fingerprint density at radius 3 is 2.75 bits per heavy atom. The summed E-state index contributed by atoms with van der Waals surface area (Å²) in [6.45, 7) is 5.97. The third-order valence-electron chi connectivity index (χ3n) is 4.61. The van der Waals surface area contributed by atoms with Crippen molar-refractivity contribution in [3.05, 3.63) is 5.89 Å². The van der Waals surface area contributed by atoms with Gasteiger partial charge in [0.2, 0.25) is 5.89 Å². The lowest BCUT2D eigenvalue weighted by Crippen LogP contribution is -2.34. The Morgan fingerprint density at radius 2 is 2.00 bits per heavy atom. The van der Waals surface area contributed by atoms with E-state index in [1.807, 2.05) is 0 Å². The summed E-state index contributed by atoms with van der Waals surface area (Å²) >= 11 is 0. The minimum absolute atomic E-state index is 0.434. The molecule has 112 valence electrons. The molecule has 0 spiro atoms. The highest BCUT2D eigenvalue weighted by Crippen LogP contribution is 2.37. The van der Waals surface area contributed by atoms with E-state index in [1.165, 1.54) is 38.5 Å². The number of hydrogen-bond donors (Lipinski definition) is 1. The van der Waals surface area contributed by atoms with Crippen molar-refractivity contribution in [1.29, 1.82) is 0 Å². The summed E-state index contributed by atoms with van der Waals surface area (Å²) in [6.07, 6.45) is 8.06. The molecule has 1 atom stereocenters. The van der Waals surface area contributed by atoms with Gasteiger partial charge in [-0.2, -0.15) is 0 Å². The Morgan fingerprint density at radius 1 is 1.20 bits per heavy atom. The van der Waals surface area contributed by atoms with Gasteiger partial charge in [0.05, 0.1) is 6.54 Å². The molecule has 0 radical (unpaired) electrons. The van der Waals surface area contributed by atoms with Gasteiger partial charge in [-0.1, -0.05) is 31.8 Å². The molecule has 1 unspecified atom stereocenters. The molecule has 2 heterocycles. The minimum atomic E-state index is 0.434. The fourth-order valence-electron chi connectivity index (χ4n) is 3.59. The van der Waals surface area contributed by atoms with Crippen molar-refractivity contribution < 1.29 is 4.42 Å². The molecule has 5 nitrogen and oxygen atoms in total. The Hall–Kier alpha value is -1.10. The Balaban J connectivity index is 1.65. The molecule has 0 aromatic carbocycles. The summed E-state index contributed by atoms with van der Waals surface area (Å²) in [5.41, 5.74) is 0. The first-order valence-corrected chi connectivity index (χ1v) is 8.06. The summed E-state index contributed by atoms with van der Waals surface area (Å²) < 4.78 is 5.85. The molecule has 1 saturated heterocycles. The topological polar surface area (TPSA) is 54.2 Å². The smallest absolute Gasteiger partial charge is 0.318 e. The quantitative estimate of drug-likeness (QED) is 0.897. The first kappa shape index (κ1) is 13.9. The molecule has 3 rings (SSSR count). The molecule has 1 aromatic rings. The molecular weight excluding hydrogens is 252 g/mol. The molecule has 0 amide bonds. The molecule has 1 saturated carbocycles. The van der Waals surface area contributed by atoms with E-state index in [-0.39, 0.29) is 0 Å². The van der Waals surface area contributed by atoms with Crippen LogP contribution in [0, 0.1) is 5.92 Å². The van der Waals surface area contributed by atoms with Crippen molar-refractivity contribution in [1.82, 2.24) is 15.5 Å². The molecule has 1 aromatic heterocycles. The van der Waals surface area contributed by atoms with Gasteiger partial charge in [0.15, 0.2) is 0 Å². The van der Waals surface area contributed by atoms with E-state index in [0.29, 0.717) is 24.5 Å². The number of nitrogens with one attached hydrogen (secondary N) is 1. The summed E-state index contributed by atoms with van der Waals surface area (Å²) in [7, 11) is 0. The van der Waals surface area contributed by atoms with Crippen LogP contribution >= 0.6 is 0 Å². The van der Waals surface area contributed by atoms with Crippen LogP contribution in [-0.4, -0.2) is 28.8 Å². The third-order valence-corrected chi connectivity index (χ3v) is 4.61. The molecule has 5 heteroatoms. The SMILES string of the molecule is CC(C)NCc1nnc(N2CCCC2C2CCCC2)o1. The van der Waals surface area contributed by atoms with Gasteiger partial charge in [0.25, 0.3) is 0 Å². The Kier molecular flexibility index (Phi) is 4.24. The van der Waals surface area contributed by atoms with Crippen LogP contribution in [-0.2, 0) is 6.54 Å². The molecule has 2 fully saturated rings. The maximum Gasteiger partial charge on any atom is 0.318 e.